The lowest BCUT2D eigenvalue weighted by atomic mass is 9.80. The highest BCUT2D eigenvalue weighted by Gasteiger charge is 2.24. The van der Waals surface area contributed by atoms with Crippen LogP contribution in [0.3, 0.4) is 0 Å². The van der Waals surface area contributed by atoms with Crippen molar-refractivity contribution >= 4 is 5.91 Å². The monoisotopic (exact) mass is 290 g/mol. The molecule has 0 heterocycles. The van der Waals surface area contributed by atoms with Gasteiger partial charge in [-0.05, 0) is 48.8 Å². The van der Waals surface area contributed by atoms with Crippen LogP contribution < -0.4 is 15.8 Å². The van der Waals surface area contributed by atoms with Crippen molar-refractivity contribution < 1.29 is 9.53 Å². The molecule has 0 saturated heterocycles. The van der Waals surface area contributed by atoms with Crippen LogP contribution in [0.2, 0.25) is 0 Å². The summed E-state index contributed by atoms with van der Waals surface area (Å²) in [6.45, 7) is 5.49. The number of amides is 1. The van der Waals surface area contributed by atoms with Gasteiger partial charge >= 0.3 is 0 Å². The summed E-state index contributed by atoms with van der Waals surface area (Å²) in [6.07, 6.45) is 3.90. The molecular weight excluding hydrogens is 264 g/mol. The standard InChI is InChI=1S/C17H26N2O2/c1-12-3-8-16(13(2)9-12)19-10-14-4-6-15(7-5-14)21-11-17(18)20/h4-7,12-13,16,19H,3,8-11H2,1-2H3,(H2,18,20). The number of nitrogens with two attached hydrogens (primary N) is 1. The average Bonchev–Trinajstić information content (AvgIpc) is 2.45. The van der Waals surface area contributed by atoms with Gasteiger partial charge in [-0.15, -0.1) is 0 Å². The smallest absolute Gasteiger partial charge is 0.255 e. The van der Waals surface area contributed by atoms with Crippen LogP contribution in [0.15, 0.2) is 24.3 Å². The predicted molar refractivity (Wildman–Crippen MR) is 83.9 cm³/mol. The van der Waals surface area contributed by atoms with Crippen LogP contribution in [0.25, 0.3) is 0 Å². The Hall–Kier alpha value is -1.55. The Morgan fingerprint density at radius 3 is 2.62 bits per heavy atom. The van der Waals surface area contributed by atoms with Crippen molar-refractivity contribution in [3.63, 3.8) is 0 Å². The van der Waals surface area contributed by atoms with Crippen molar-refractivity contribution in [3.8, 4) is 5.75 Å². The average molecular weight is 290 g/mol. The molecule has 1 amide bonds. The van der Waals surface area contributed by atoms with Crippen molar-refractivity contribution in [1.29, 1.82) is 0 Å². The van der Waals surface area contributed by atoms with Gasteiger partial charge in [0.25, 0.3) is 5.91 Å². The van der Waals surface area contributed by atoms with Gasteiger partial charge in [0, 0.05) is 12.6 Å². The molecule has 1 saturated carbocycles. The van der Waals surface area contributed by atoms with Gasteiger partial charge in [0.2, 0.25) is 0 Å². The zero-order valence-electron chi connectivity index (χ0n) is 13.0. The molecule has 1 aliphatic carbocycles. The van der Waals surface area contributed by atoms with E-state index in [1.54, 1.807) is 0 Å². The van der Waals surface area contributed by atoms with Crippen molar-refractivity contribution in [2.75, 3.05) is 6.61 Å². The van der Waals surface area contributed by atoms with Crippen LogP contribution in [0.4, 0.5) is 0 Å². The molecule has 2 rings (SSSR count). The van der Waals surface area contributed by atoms with E-state index in [9.17, 15) is 4.79 Å². The second-order valence-corrected chi connectivity index (χ2v) is 6.28. The minimum absolute atomic E-state index is 0.0740. The van der Waals surface area contributed by atoms with Crippen molar-refractivity contribution in [1.82, 2.24) is 5.32 Å². The summed E-state index contributed by atoms with van der Waals surface area (Å²) in [4.78, 5) is 10.7. The molecular formula is C17H26N2O2. The quantitative estimate of drug-likeness (QED) is 0.846. The molecule has 0 bridgehead atoms. The van der Waals surface area contributed by atoms with E-state index in [1.165, 1.54) is 24.8 Å². The van der Waals surface area contributed by atoms with E-state index in [0.29, 0.717) is 11.8 Å². The highest BCUT2D eigenvalue weighted by molar-refractivity contribution is 5.75. The number of ether oxygens (including phenoxy) is 1. The zero-order chi connectivity index (χ0) is 15.2. The molecule has 1 aliphatic rings. The first-order valence-corrected chi connectivity index (χ1v) is 7.78. The van der Waals surface area contributed by atoms with Crippen molar-refractivity contribution in [3.05, 3.63) is 29.8 Å². The Balaban J connectivity index is 1.79. The summed E-state index contributed by atoms with van der Waals surface area (Å²) in [5, 5.41) is 3.66. The lowest BCUT2D eigenvalue weighted by Crippen LogP contribution is -2.38. The maximum atomic E-state index is 10.7. The molecule has 1 aromatic carbocycles. The summed E-state index contributed by atoms with van der Waals surface area (Å²) in [6, 6.07) is 8.43. The molecule has 4 heteroatoms. The maximum Gasteiger partial charge on any atom is 0.255 e. The minimum atomic E-state index is -0.457. The molecule has 1 fully saturated rings. The van der Waals surface area contributed by atoms with Crippen LogP contribution in [-0.2, 0) is 11.3 Å². The first-order chi connectivity index (χ1) is 10.0. The van der Waals surface area contributed by atoms with Gasteiger partial charge in [0.1, 0.15) is 5.75 Å². The number of benzene rings is 1. The second-order valence-electron chi connectivity index (χ2n) is 6.28. The molecule has 116 valence electrons. The molecule has 3 N–H and O–H groups in total. The van der Waals surface area contributed by atoms with E-state index in [-0.39, 0.29) is 6.61 Å². The largest absolute Gasteiger partial charge is 0.484 e. The van der Waals surface area contributed by atoms with Gasteiger partial charge in [0.05, 0.1) is 0 Å². The Bertz CT molecular complexity index is 458. The highest BCUT2D eigenvalue weighted by Crippen LogP contribution is 2.28. The Morgan fingerprint density at radius 2 is 2.00 bits per heavy atom. The minimum Gasteiger partial charge on any atom is -0.484 e. The van der Waals surface area contributed by atoms with Gasteiger partial charge in [-0.25, -0.2) is 0 Å². The molecule has 3 unspecified atom stereocenters. The fraction of sp³-hybridized carbons (Fsp3) is 0.588. The first-order valence-electron chi connectivity index (χ1n) is 7.78. The lowest BCUT2D eigenvalue weighted by molar-refractivity contribution is -0.119. The normalized spacial score (nSPS) is 25.5. The van der Waals surface area contributed by atoms with Crippen LogP contribution >= 0.6 is 0 Å². The van der Waals surface area contributed by atoms with E-state index in [0.717, 1.165) is 18.4 Å². The number of nitrogens with one attached hydrogen (secondary N) is 1. The third kappa shape index (κ3) is 5.05. The van der Waals surface area contributed by atoms with Gasteiger partial charge in [-0.1, -0.05) is 26.0 Å². The van der Waals surface area contributed by atoms with E-state index in [1.807, 2.05) is 24.3 Å². The lowest BCUT2D eigenvalue weighted by Gasteiger charge is -2.33. The molecule has 1 aromatic rings. The molecule has 0 aromatic heterocycles. The molecule has 21 heavy (non-hydrogen) atoms. The Labute approximate surface area is 127 Å². The number of hydrogen-bond acceptors (Lipinski definition) is 3. The van der Waals surface area contributed by atoms with Crippen LogP contribution in [-0.4, -0.2) is 18.6 Å². The molecule has 0 radical (unpaired) electrons. The molecule has 0 spiro atoms. The third-order valence-corrected chi connectivity index (χ3v) is 4.30. The van der Waals surface area contributed by atoms with Crippen molar-refractivity contribution in [2.45, 2.75) is 45.7 Å². The van der Waals surface area contributed by atoms with E-state index >= 15 is 0 Å². The first kappa shape index (κ1) is 15.8. The number of rotatable bonds is 6. The number of hydrogen-bond donors (Lipinski definition) is 2. The highest BCUT2D eigenvalue weighted by atomic mass is 16.5. The second kappa shape index (κ2) is 7.46. The summed E-state index contributed by atoms with van der Waals surface area (Å²) in [5.41, 5.74) is 6.28. The van der Waals surface area contributed by atoms with Gasteiger partial charge < -0.3 is 15.8 Å². The van der Waals surface area contributed by atoms with E-state index in [4.69, 9.17) is 10.5 Å². The van der Waals surface area contributed by atoms with Gasteiger partial charge in [-0.2, -0.15) is 0 Å². The summed E-state index contributed by atoms with van der Waals surface area (Å²) in [7, 11) is 0. The fourth-order valence-corrected chi connectivity index (χ4v) is 3.08. The maximum absolute atomic E-state index is 10.7. The summed E-state index contributed by atoms with van der Waals surface area (Å²) in [5.74, 6) is 1.82. The zero-order valence-corrected chi connectivity index (χ0v) is 13.0. The van der Waals surface area contributed by atoms with Crippen molar-refractivity contribution in [2.24, 2.45) is 17.6 Å². The molecule has 4 nitrogen and oxygen atoms in total. The van der Waals surface area contributed by atoms with E-state index < -0.39 is 5.91 Å². The van der Waals surface area contributed by atoms with Gasteiger partial charge in [0.15, 0.2) is 6.61 Å². The topological polar surface area (TPSA) is 64.3 Å². The Kier molecular flexibility index (Phi) is 5.62. The van der Waals surface area contributed by atoms with E-state index in [2.05, 4.69) is 19.2 Å². The number of primary amides is 1. The Morgan fingerprint density at radius 1 is 1.29 bits per heavy atom. The number of carbonyl (C=O) groups excluding carboxylic acids is 1. The number of carbonyl (C=O) groups is 1. The predicted octanol–water partition coefficient (Wildman–Crippen LogP) is 2.46. The van der Waals surface area contributed by atoms with Crippen LogP contribution in [0, 0.1) is 11.8 Å². The molecule has 3 atom stereocenters. The van der Waals surface area contributed by atoms with Crippen LogP contribution in [0.1, 0.15) is 38.7 Å². The fourth-order valence-electron chi connectivity index (χ4n) is 3.08. The summed E-state index contributed by atoms with van der Waals surface area (Å²) < 4.78 is 5.25. The SMILES string of the molecule is CC1CCC(NCc2ccc(OCC(N)=O)cc2)C(C)C1. The summed E-state index contributed by atoms with van der Waals surface area (Å²) >= 11 is 0. The third-order valence-electron chi connectivity index (χ3n) is 4.30. The molecule has 0 aliphatic heterocycles. The van der Waals surface area contributed by atoms with Gasteiger partial charge in [-0.3, -0.25) is 4.79 Å². The van der Waals surface area contributed by atoms with Crippen LogP contribution in [0.5, 0.6) is 5.75 Å².